The summed E-state index contributed by atoms with van der Waals surface area (Å²) in [6.45, 7) is 2.38. The van der Waals surface area contributed by atoms with Crippen LogP contribution in [-0.4, -0.2) is 34.6 Å². The van der Waals surface area contributed by atoms with Gasteiger partial charge in [-0.25, -0.2) is 9.97 Å². The summed E-state index contributed by atoms with van der Waals surface area (Å²) in [4.78, 5) is 25.2. The lowest BCUT2D eigenvalue weighted by Gasteiger charge is -2.35. The molecule has 0 amide bonds. The molecule has 0 radical (unpaired) electrons. The number of para-hydroxylation sites is 1. The molecule has 0 spiro atoms. The Morgan fingerprint density at radius 3 is 2.86 bits per heavy atom. The lowest BCUT2D eigenvalue weighted by Crippen LogP contribution is -2.41. The van der Waals surface area contributed by atoms with E-state index in [9.17, 15) is 4.79 Å². The van der Waals surface area contributed by atoms with Crippen molar-refractivity contribution in [1.29, 1.82) is 0 Å². The van der Waals surface area contributed by atoms with E-state index in [0.29, 0.717) is 31.9 Å². The second-order valence-corrected chi connectivity index (χ2v) is 8.93. The summed E-state index contributed by atoms with van der Waals surface area (Å²) >= 11 is 0. The average Bonchev–Trinajstić information content (AvgIpc) is 2.91. The van der Waals surface area contributed by atoms with Gasteiger partial charge in [0.1, 0.15) is 23.3 Å². The largest absolute Gasteiger partial charge is 0.456 e. The van der Waals surface area contributed by atoms with Gasteiger partial charge >= 0.3 is 0 Å². The number of pyridine rings is 1. The van der Waals surface area contributed by atoms with Crippen molar-refractivity contribution in [1.82, 2.24) is 15.0 Å². The van der Waals surface area contributed by atoms with Gasteiger partial charge in [-0.2, -0.15) is 0 Å². The van der Waals surface area contributed by atoms with E-state index in [1.54, 1.807) is 18.6 Å². The number of fused-ring (bicyclic) bond motifs is 2. The van der Waals surface area contributed by atoms with Gasteiger partial charge in [0.15, 0.2) is 0 Å². The quantitative estimate of drug-likeness (QED) is 0.348. The molecule has 2 aliphatic rings. The Morgan fingerprint density at radius 1 is 1.11 bits per heavy atom. The summed E-state index contributed by atoms with van der Waals surface area (Å²) in [6.07, 6.45) is 5.65. The number of hydrogen-bond acceptors (Lipinski definition) is 8. The van der Waals surface area contributed by atoms with Gasteiger partial charge in [-0.05, 0) is 35.9 Å². The summed E-state index contributed by atoms with van der Waals surface area (Å²) in [6, 6.07) is 16.0. The van der Waals surface area contributed by atoms with E-state index in [0.717, 1.165) is 45.9 Å². The van der Waals surface area contributed by atoms with Crippen molar-refractivity contribution in [3.05, 3.63) is 99.7 Å². The number of aromatic amines is 1. The zero-order chi connectivity index (χ0) is 24.5. The molecule has 0 bridgehead atoms. The first kappa shape index (κ1) is 22.1. The monoisotopic (exact) mass is 482 g/mol. The molecule has 6 rings (SSSR count). The number of nitrogens with two attached hydrogens (primary N) is 1. The second kappa shape index (κ2) is 9.35. The first-order chi connectivity index (χ1) is 17.6. The normalized spacial score (nSPS) is 16.6. The molecule has 1 atom stereocenters. The van der Waals surface area contributed by atoms with E-state index in [1.165, 1.54) is 0 Å². The Bertz CT molecular complexity index is 1450. The molecule has 4 N–H and O–H groups in total. The summed E-state index contributed by atoms with van der Waals surface area (Å²) in [5.74, 6) is 1.95. The number of nitrogens with one attached hydrogen (secondary N) is 2. The van der Waals surface area contributed by atoms with Crippen molar-refractivity contribution >= 4 is 17.3 Å². The lowest BCUT2D eigenvalue weighted by molar-refractivity contribution is 0.0383. The second-order valence-electron chi connectivity index (χ2n) is 8.93. The van der Waals surface area contributed by atoms with Crippen molar-refractivity contribution < 1.29 is 9.47 Å². The van der Waals surface area contributed by atoms with Gasteiger partial charge in [-0.15, -0.1) is 0 Å². The molecule has 2 aliphatic heterocycles. The van der Waals surface area contributed by atoms with Crippen LogP contribution in [0.25, 0.3) is 0 Å². The Hall–Kier alpha value is -4.37. The fourth-order valence-corrected chi connectivity index (χ4v) is 4.74. The van der Waals surface area contributed by atoms with Crippen molar-refractivity contribution in [2.75, 3.05) is 35.6 Å². The Kier molecular flexibility index (Phi) is 5.74. The zero-order valence-electron chi connectivity index (χ0n) is 19.6. The van der Waals surface area contributed by atoms with Crippen LogP contribution in [0.4, 0.5) is 17.3 Å². The van der Waals surface area contributed by atoms with Gasteiger partial charge in [-0.3, -0.25) is 4.79 Å². The van der Waals surface area contributed by atoms with Gasteiger partial charge < -0.3 is 30.4 Å². The molecule has 4 aromatic rings. The highest BCUT2D eigenvalue weighted by molar-refractivity contribution is 5.59. The minimum atomic E-state index is -0.196. The smallest absolute Gasteiger partial charge is 0.271 e. The minimum absolute atomic E-state index is 0.0910. The topological polar surface area (TPSA) is 118 Å². The van der Waals surface area contributed by atoms with Crippen LogP contribution in [0.5, 0.6) is 11.5 Å². The Morgan fingerprint density at radius 2 is 2.00 bits per heavy atom. The SMILES string of the molecule is Nc1ncc(CNc2ccc3c(c2)Cc2cccc(C4CN(c5ccc[nH]c5=O)CCO4)c2O3)cn1. The third-order valence-corrected chi connectivity index (χ3v) is 6.55. The third kappa shape index (κ3) is 4.36. The first-order valence-electron chi connectivity index (χ1n) is 11.9. The minimum Gasteiger partial charge on any atom is -0.456 e. The molecule has 2 aromatic carbocycles. The van der Waals surface area contributed by atoms with Gasteiger partial charge in [0.2, 0.25) is 5.95 Å². The van der Waals surface area contributed by atoms with Crippen molar-refractivity contribution in [3.63, 3.8) is 0 Å². The summed E-state index contributed by atoms with van der Waals surface area (Å²) < 4.78 is 12.6. The number of hydrogen-bond donors (Lipinski definition) is 3. The van der Waals surface area contributed by atoms with Crippen LogP contribution in [0.15, 0.2) is 71.9 Å². The number of nitrogen functional groups attached to an aromatic ring is 1. The molecule has 1 saturated heterocycles. The average molecular weight is 483 g/mol. The van der Waals surface area contributed by atoms with Crippen molar-refractivity contribution in [2.45, 2.75) is 19.1 Å². The van der Waals surface area contributed by atoms with Gasteiger partial charge in [0.05, 0.1) is 6.61 Å². The summed E-state index contributed by atoms with van der Waals surface area (Å²) in [5.41, 5.74) is 11.3. The number of rotatable bonds is 5. The lowest BCUT2D eigenvalue weighted by atomic mass is 9.95. The molecule has 9 heteroatoms. The van der Waals surface area contributed by atoms with Gasteiger partial charge in [0.25, 0.3) is 5.56 Å². The Labute approximate surface area is 207 Å². The molecule has 0 aliphatic carbocycles. The molecule has 4 heterocycles. The van der Waals surface area contributed by atoms with Crippen LogP contribution in [-0.2, 0) is 17.7 Å². The number of benzene rings is 2. The fraction of sp³-hybridized carbons (Fsp3) is 0.222. The molecule has 2 aromatic heterocycles. The maximum absolute atomic E-state index is 12.3. The molecule has 36 heavy (non-hydrogen) atoms. The van der Waals surface area contributed by atoms with Crippen LogP contribution in [0.3, 0.4) is 0 Å². The zero-order valence-corrected chi connectivity index (χ0v) is 19.6. The number of H-pyrrole nitrogens is 1. The maximum atomic E-state index is 12.3. The molecule has 1 fully saturated rings. The van der Waals surface area contributed by atoms with E-state index in [-0.39, 0.29) is 17.6 Å². The first-order valence-corrected chi connectivity index (χ1v) is 11.9. The van der Waals surface area contributed by atoms with E-state index in [4.69, 9.17) is 15.2 Å². The molecular formula is C27H26N6O3. The van der Waals surface area contributed by atoms with Crippen LogP contribution in [0, 0.1) is 0 Å². The standard InChI is InChI=1S/C27H26N6O3/c28-27-31-14-17(15-32-27)13-30-20-6-7-23-19(12-20)11-18-3-1-4-21(25(18)36-23)24-16-33(9-10-35-24)22-5-2-8-29-26(22)34/h1-8,12,14-15,24,30H,9-11,13,16H2,(H,29,34)(H2,28,31,32). The molecule has 0 saturated carbocycles. The van der Waals surface area contributed by atoms with Crippen LogP contribution in [0.1, 0.15) is 28.4 Å². The summed E-state index contributed by atoms with van der Waals surface area (Å²) in [7, 11) is 0. The van der Waals surface area contributed by atoms with E-state index in [2.05, 4.69) is 43.4 Å². The predicted molar refractivity (Wildman–Crippen MR) is 138 cm³/mol. The molecule has 182 valence electrons. The number of morpholine rings is 1. The van der Waals surface area contributed by atoms with Crippen LogP contribution in [0.2, 0.25) is 0 Å². The maximum Gasteiger partial charge on any atom is 0.271 e. The number of ether oxygens (including phenoxy) is 2. The van der Waals surface area contributed by atoms with E-state index in [1.807, 2.05) is 30.3 Å². The number of nitrogens with zero attached hydrogens (tertiary/aromatic N) is 3. The molecule has 1 unspecified atom stereocenters. The summed E-state index contributed by atoms with van der Waals surface area (Å²) in [5, 5.41) is 3.41. The highest BCUT2D eigenvalue weighted by Gasteiger charge is 2.29. The van der Waals surface area contributed by atoms with E-state index < -0.39 is 0 Å². The number of aromatic nitrogens is 3. The van der Waals surface area contributed by atoms with Crippen molar-refractivity contribution in [2.24, 2.45) is 0 Å². The molecule has 9 nitrogen and oxygen atoms in total. The highest BCUT2D eigenvalue weighted by Crippen LogP contribution is 2.43. The molecular weight excluding hydrogens is 456 g/mol. The van der Waals surface area contributed by atoms with Gasteiger partial charge in [0, 0.05) is 67.0 Å². The van der Waals surface area contributed by atoms with Crippen LogP contribution < -0.4 is 26.2 Å². The van der Waals surface area contributed by atoms with Crippen molar-refractivity contribution in [3.8, 4) is 11.5 Å². The predicted octanol–water partition coefficient (Wildman–Crippen LogP) is 3.63. The van der Waals surface area contributed by atoms with Crippen LogP contribution >= 0.6 is 0 Å². The number of anilines is 3. The third-order valence-electron chi connectivity index (χ3n) is 6.55. The van der Waals surface area contributed by atoms with E-state index >= 15 is 0 Å². The Balaban J connectivity index is 1.20. The van der Waals surface area contributed by atoms with Gasteiger partial charge in [-0.1, -0.05) is 18.2 Å². The highest BCUT2D eigenvalue weighted by atomic mass is 16.5. The fourth-order valence-electron chi connectivity index (χ4n) is 4.74.